The predicted octanol–water partition coefficient (Wildman–Crippen LogP) is 4.01. The predicted molar refractivity (Wildman–Crippen MR) is 103 cm³/mol. The minimum atomic E-state index is -0.178. The number of carbonyl (C=O) groups excluding carboxylic acids is 2. The van der Waals surface area contributed by atoms with E-state index in [4.69, 9.17) is 4.74 Å². The number of benzene rings is 2. The Kier molecular flexibility index (Phi) is 7.68. The van der Waals surface area contributed by atoms with E-state index in [0.29, 0.717) is 30.7 Å². The molecule has 0 bridgehead atoms. The standard InChI is InChI=1S/C21H26N2O3/c1-3-16(2)22-21(25)18-12-7-8-13-19(18)23-20(24)14-9-15-26-17-10-5-4-6-11-17/h4-8,10-13,16H,3,9,14-15H2,1-2H3,(H,22,25)(H,23,24)/t16-/m0/s1. The molecule has 0 spiro atoms. The number of carbonyl (C=O) groups is 2. The maximum Gasteiger partial charge on any atom is 0.253 e. The van der Waals surface area contributed by atoms with Gasteiger partial charge in [0.2, 0.25) is 5.91 Å². The van der Waals surface area contributed by atoms with E-state index in [1.165, 1.54) is 0 Å². The van der Waals surface area contributed by atoms with Crippen molar-refractivity contribution in [3.8, 4) is 5.75 Å². The molecule has 2 amide bonds. The Labute approximate surface area is 154 Å². The first-order valence-corrected chi connectivity index (χ1v) is 8.97. The number of hydrogen-bond donors (Lipinski definition) is 2. The number of hydrogen-bond acceptors (Lipinski definition) is 3. The number of anilines is 1. The van der Waals surface area contributed by atoms with Crippen LogP contribution in [0.25, 0.3) is 0 Å². The molecule has 0 aliphatic heterocycles. The van der Waals surface area contributed by atoms with Crippen LogP contribution in [-0.2, 0) is 4.79 Å². The Morgan fingerprint density at radius 3 is 2.46 bits per heavy atom. The molecule has 0 saturated heterocycles. The second kappa shape index (κ2) is 10.2. The van der Waals surface area contributed by atoms with Crippen molar-refractivity contribution < 1.29 is 14.3 Å². The lowest BCUT2D eigenvalue weighted by Crippen LogP contribution is -2.32. The first kappa shape index (κ1) is 19.5. The highest BCUT2D eigenvalue weighted by atomic mass is 16.5. The fraction of sp³-hybridized carbons (Fsp3) is 0.333. The summed E-state index contributed by atoms with van der Waals surface area (Å²) in [4.78, 5) is 24.5. The molecule has 0 heterocycles. The molecule has 2 N–H and O–H groups in total. The van der Waals surface area contributed by atoms with Crippen LogP contribution in [0.15, 0.2) is 54.6 Å². The zero-order valence-corrected chi connectivity index (χ0v) is 15.3. The highest BCUT2D eigenvalue weighted by Gasteiger charge is 2.14. The van der Waals surface area contributed by atoms with Gasteiger partial charge in [0, 0.05) is 12.5 Å². The maximum atomic E-state index is 12.4. The second-order valence-electron chi connectivity index (χ2n) is 6.14. The average Bonchev–Trinajstić information content (AvgIpc) is 2.66. The van der Waals surface area contributed by atoms with Gasteiger partial charge < -0.3 is 15.4 Å². The van der Waals surface area contributed by atoms with Gasteiger partial charge >= 0.3 is 0 Å². The fourth-order valence-electron chi connectivity index (χ4n) is 2.35. The van der Waals surface area contributed by atoms with Gasteiger partial charge in [0.1, 0.15) is 5.75 Å². The van der Waals surface area contributed by atoms with E-state index in [-0.39, 0.29) is 17.9 Å². The van der Waals surface area contributed by atoms with Gasteiger partial charge in [-0.3, -0.25) is 9.59 Å². The van der Waals surface area contributed by atoms with Crippen molar-refractivity contribution in [3.63, 3.8) is 0 Å². The first-order chi connectivity index (χ1) is 12.6. The van der Waals surface area contributed by atoms with Crippen LogP contribution in [-0.4, -0.2) is 24.5 Å². The van der Waals surface area contributed by atoms with E-state index in [0.717, 1.165) is 12.2 Å². The molecule has 5 nitrogen and oxygen atoms in total. The van der Waals surface area contributed by atoms with Crippen LogP contribution in [0.5, 0.6) is 5.75 Å². The van der Waals surface area contributed by atoms with Gasteiger partial charge in [0.05, 0.1) is 17.9 Å². The molecule has 0 aliphatic rings. The molecule has 2 aromatic carbocycles. The molecule has 2 aromatic rings. The molecule has 5 heteroatoms. The molecule has 26 heavy (non-hydrogen) atoms. The summed E-state index contributed by atoms with van der Waals surface area (Å²) >= 11 is 0. The van der Waals surface area contributed by atoms with Gasteiger partial charge in [-0.1, -0.05) is 37.3 Å². The van der Waals surface area contributed by atoms with Gasteiger partial charge in [-0.25, -0.2) is 0 Å². The summed E-state index contributed by atoms with van der Waals surface area (Å²) in [6.07, 6.45) is 1.78. The molecule has 0 aromatic heterocycles. The summed E-state index contributed by atoms with van der Waals surface area (Å²) in [6.45, 7) is 4.43. The van der Waals surface area contributed by atoms with E-state index in [1.54, 1.807) is 24.3 Å². The van der Waals surface area contributed by atoms with Crippen LogP contribution >= 0.6 is 0 Å². The van der Waals surface area contributed by atoms with Crippen LogP contribution < -0.4 is 15.4 Å². The molecule has 0 fully saturated rings. The van der Waals surface area contributed by atoms with E-state index in [2.05, 4.69) is 10.6 Å². The lowest BCUT2D eigenvalue weighted by molar-refractivity contribution is -0.116. The lowest BCUT2D eigenvalue weighted by Gasteiger charge is -2.14. The zero-order valence-electron chi connectivity index (χ0n) is 15.3. The summed E-state index contributed by atoms with van der Waals surface area (Å²) < 4.78 is 5.58. The Morgan fingerprint density at radius 1 is 1.04 bits per heavy atom. The maximum absolute atomic E-state index is 12.4. The van der Waals surface area contributed by atoms with Gasteiger partial charge in [-0.05, 0) is 44.0 Å². The molecule has 2 rings (SSSR count). The van der Waals surface area contributed by atoms with Crippen molar-refractivity contribution in [1.82, 2.24) is 5.32 Å². The Balaban J connectivity index is 1.84. The van der Waals surface area contributed by atoms with E-state index >= 15 is 0 Å². The van der Waals surface area contributed by atoms with Crippen molar-refractivity contribution in [2.24, 2.45) is 0 Å². The number of nitrogens with one attached hydrogen (secondary N) is 2. The molecule has 0 radical (unpaired) electrons. The highest BCUT2D eigenvalue weighted by Crippen LogP contribution is 2.16. The van der Waals surface area contributed by atoms with Crippen LogP contribution in [0.3, 0.4) is 0 Å². The number of ether oxygens (including phenoxy) is 1. The van der Waals surface area contributed by atoms with Gasteiger partial charge in [-0.2, -0.15) is 0 Å². The monoisotopic (exact) mass is 354 g/mol. The fourth-order valence-corrected chi connectivity index (χ4v) is 2.35. The van der Waals surface area contributed by atoms with Gasteiger partial charge in [0.25, 0.3) is 5.91 Å². The van der Waals surface area contributed by atoms with E-state index in [9.17, 15) is 9.59 Å². The Morgan fingerprint density at radius 2 is 1.73 bits per heavy atom. The van der Waals surface area contributed by atoms with Crippen molar-refractivity contribution >= 4 is 17.5 Å². The SMILES string of the molecule is CC[C@H](C)NC(=O)c1ccccc1NC(=O)CCCOc1ccccc1. The Bertz CT molecular complexity index is 716. The highest BCUT2D eigenvalue weighted by molar-refractivity contribution is 6.03. The van der Waals surface area contributed by atoms with Gasteiger partial charge in [-0.15, -0.1) is 0 Å². The summed E-state index contributed by atoms with van der Waals surface area (Å²) in [6, 6.07) is 16.6. The zero-order chi connectivity index (χ0) is 18.8. The third-order valence-electron chi connectivity index (χ3n) is 4.00. The minimum absolute atomic E-state index is 0.0846. The first-order valence-electron chi connectivity index (χ1n) is 8.97. The van der Waals surface area contributed by atoms with Crippen LogP contribution in [0, 0.1) is 0 Å². The summed E-state index contributed by atoms with van der Waals surface area (Å²) in [7, 11) is 0. The topological polar surface area (TPSA) is 67.4 Å². The minimum Gasteiger partial charge on any atom is -0.494 e. The molecule has 0 saturated carbocycles. The van der Waals surface area contributed by atoms with Crippen molar-refractivity contribution in [1.29, 1.82) is 0 Å². The molecular formula is C21H26N2O3. The molecular weight excluding hydrogens is 328 g/mol. The second-order valence-corrected chi connectivity index (χ2v) is 6.14. The summed E-state index contributed by atoms with van der Waals surface area (Å²) in [5, 5.41) is 5.75. The van der Waals surface area contributed by atoms with Crippen molar-refractivity contribution in [2.75, 3.05) is 11.9 Å². The number of amides is 2. The van der Waals surface area contributed by atoms with Crippen LogP contribution in [0.1, 0.15) is 43.5 Å². The molecule has 0 unspecified atom stereocenters. The third kappa shape index (κ3) is 6.24. The van der Waals surface area contributed by atoms with Crippen LogP contribution in [0.2, 0.25) is 0 Å². The largest absolute Gasteiger partial charge is 0.494 e. The smallest absolute Gasteiger partial charge is 0.253 e. The Hall–Kier alpha value is -2.82. The quantitative estimate of drug-likeness (QED) is 0.669. The molecule has 1 atom stereocenters. The average molecular weight is 354 g/mol. The third-order valence-corrected chi connectivity index (χ3v) is 4.00. The van der Waals surface area contributed by atoms with Crippen molar-refractivity contribution in [2.45, 2.75) is 39.2 Å². The number of para-hydroxylation sites is 2. The molecule has 138 valence electrons. The molecule has 0 aliphatic carbocycles. The van der Waals surface area contributed by atoms with E-state index < -0.39 is 0 Å². The lowest BCUT2D eigenvalue weighted by atomic mass is 10.1. The summed E-state index contributed by atoms with van der Waals surface area (Å²) in [5.74, 6) is 0.480. The van der Waals surface area contributed by atoms with E-state index in [1.807, 2.05) is 44.2 Å². The number of rotatable bonds is 9. The van der Waals surface area contributed by atoms with Gasteiger partial charge in [0.15, 0.2) is 0 Å². The van der Waals surface area contributed by atoms with Crippen LogP contribution in [0.4, 0.5) is 5.69 Å². The summed E-state index contributed by atoms with van der Waals surface area (Å²) in [5.41, 5.74) is 1.00. The normalized spacial score (nSPS) is 11.5. The van der Waals surface area contributed by atoms with Crippen molar-refractivity contribution in [3.05, 3.63) is 60.2 Å².